The van der Waals surface area contributed by atoms with Gasteiger partial charge < -0.3 is 4.74 Å². The second-order valence-electron chi connectivity index (χ2n) is 4.92. The van der Waals surface area contributed by atoms with E-state index in [0.29, 0.717) is 0 Å². The van der Waals surface area contributed by atoms with Gasteiger partial charge in [-0.25, -0.2) is 0 Å². The summed E-state index contributed by atoms with van der Waals surface area (Å²) in [5.41, 5.74) is 1.12. The molecule has 0 saturated carbocycles. The number of benzene rings is 2. The Balaban J connectivity index is 2.43. The number of rotatable bonds is 5. The van der Waals surface area contributed by atoms with E-state index in [0.717, 1.165) is 34.9 Å². The molecule has 0 saturated heterocycles. The van der Waals surface area contributed by atoms with Crippen LogP contribution in [0.2, 0.25) is 0 Å². The zero-order valence-corrected chi connectivity index (χ0v) is 11.8. The first-order chi connectivity index (χ1) is 9.15. The highest BCUT2D eigenvalue weighted by Crippen LogP contribution is 2.28. The zero-order valence-electron chi connectivity index (χ0n) is 11.8. The molecule has 0 aromatic heterocycles. The lowest BCUT2D eigenvalue weighted by Gasteiger charge is -2.14. The maximum Gasteiger partial charge on any atom is 0.137 e. The number of carbonyl (C=O) groups is 1. The lowest BCUT2D eigenvalue weighted by atomic mass is 9.90. The minimum Gasteiger partial charge on any atom is -0.497 e. The second kappa shape index (κ2) is 5.87. The Labute approximate surface area is 114 Å². The molecule has 0 aliphatic rings. The van der Waals surface area contributed by atoms with Gasteiger partial charge in [-0.3, -0.25) is 4.79 Å². The van der Waals surface area contributed by atoms with Gasteiger partial charge in [0.2, 0.25) is 0 Å². The van der Waals surface area contributed by atoms with Gasteiger partial charge in [-0.1, -0.05) is 37.6 Å². The van der Waals surface area contributed by atoms with Crippen molar-refractivity contribution in [1.82, 2.24) is 0 Å². The lowest BCUT2D eigenvalue weighted by molar-refractivity contribution is -0.118. The summed E-state index contributed by atoms with van der Waals surface area (Å²) in [5, 5.41) is 2.29. The van der Waals surface area contributed by atoms with Gasteiger partial charge >= 0.3 is 0 Å². The quantitative estimate of drug-likeness (QED) is 0.796. The van der Waals surface area contributed by atoms with E-state index in [4.69, 9.17) is 4.74 Å². The maximum absolute atomic E-state index is 11.8. The van der Waals surface area contributed by atoms with Crippen LogP contribution in [0.5, 0.6) is 5.75 Å². The van der Waals surface area contributed by atoms with Crippen molar-refractivity contribution in [1.29, 1.82) is 0 Å². The van der Waals surface area contributed by atoms with Crippen molar-refractivity contribution in [3.63, 3.8) is 0 Å². The number of ketones is 1. The molecule has 0 bridgehead atoms. The molecule has 0 amide bonds. The van der Waals surface area contributed by atoms with Crippen molar-refractivity contribution in [2.45, 2.75) is 32.6 Å². The number of carbonyl (C=O) groups excluding carboxylic acids is 1. The third kappa shape index (κ3) is 2.95. The van der Waals surface area contributed by atoms with E-state index in [1.165, 1.54) is 0 Å². The predicted octanol–water partition coefficient (Wildman–Crippen LogP) is 4.32. The van der Waals surface area contributed by atoms with Gasteiger partial charge in [0.25, 0.3) is 0 Å². The van der Waals surface area contributed by atoms with E-state index in [-0.39, 0.29) is 11.7 Å². The summed E-state index contributed by atoms with van der Waals surface area (Å²) >= 11 is 0. The van der Waals surface area contributed by atoms with Crippen LogP contribution in [0.3, 0.4) is 0 Å². The normalized spacial score (nSPS) is 12.4. The Kier molecular flexibility index (Phi) is 4.20. The zero-order chi connectivity index (χ0) is 13.8. The number of fused-ring (bicyclic) bond motifs is 1. The predicted molar refractivity (Wildman–Crippen MR) is 78.8 cm³/mol. The largest absolute Gasteiger partial charge is 0.497 e. The van der Waals surface area contributed by atoms with E-state index in [1.807, 2.05) is 18.2 Å². The van der Waals surface area contributed by atoms with Crippen molar-refractivity contribution in [3.05, 3.63) is 42.0 Å². The molecule has 1 unspecified atom stereocenters. The molecule has 0 radical (unpaired) electrons. The highest BCUT2D eigenvalue weighted by atomic mass is 16.5. The molecule has 2 aromatic carbocycles. The minimum atomic E-state index is 0.0245. The van der Waals surface area contributed by atoms with Crippen LogP contribution in [0, 0.1) is 0 Å². The highest BCUT2D eigenvalue weighted by molar-refractivity contribution is 5.88. The second-order valence-corrected chi connectivity index (χ2v) is 4.92. The van der Waals surface area contributed by atoms with Gasteiger partial charge in [-0.05, 0) is 41.8 Å². The van der Waals surface area contributed by atoms with Crippen LogP contribution in [0.25, 0.3) is 10.8 Å². The molecule has 2 heteroatoms. The van der Waals surface area contributed by atoms with Crippen LogP contribution < -0.4 is 4.74 Å². The molecule has 1 atom stereocenters. The highest BCUT2D eigenvalue weighted by Gasteiger charge is 2.15. The summed E-state index contributed by atoms with van der Waals surface area (Å²) in [4.78, 5) is 11.8. The van der Waals surface area contributed by atoms with Crippen molar-refractivity contribution >= 4 is 16.6 Å². The summed E-state index contributed by atoms with van der Waals surface area (Å²) < 4.78 is 5.22. The fourth-order valence-corrected chi connectivity index (χ4v) is 2.48. The first kappa shape index (κ1) is 13.6. The molecule has 19 heavy (non-hydrogen) atoms. The van der Waals surface area contributed by atoms with Crippen molar-refractivity contribution < 1.29 is 9.53 Å². The van der Waals surface area contributed by atoms with Gasteiger partial charge in [0, 0.05) is 5.92 Å². The standard InChI is InChI=1S/C17H20O2/c1-4-5-17(12(2)18)15-7-6-14-11-16(19-3)9-8-13(14)10-15/h6-11,17H,4-5H2,1-3H3. The Bertz CT molecular complexity index is 587. The summed E-state index contributed by atoms with van der Waals surface area (Å²) in [6.45, 7) is 3.79. The molecular formula is C17H20O2. The molecule has 2 rings (SSSR count). The summed E-state index contributed by atoms with van der Waals surface area (Å²) in [6.07, 6.45) is 1.93. The van der Waals surface area contributed by atoms with Crippen LogP contribution in [0.1, 0.15) is 38.2 Å². The van der Waals surface area contributed by atoms with Gasteiger partial charge in [-0.2, -0.15) is 0 Å². The average molecular weight is 256 g/mol. The Morgan fingerprint density at radius 2 is 1.84 bits per heavy atom. The van der Waals surface area contributed by atoms with Crippen LogP contribution in [-0.2, 0) is 4.79 Å². The van der Waals surface area contributed by atoms with E-state index < -0.39 is 0 Å². The first-order valence-electron chi connectivity index (χ1n) is 6.74. The summed E-state index contributed by atoms with van der Waals surface area (Å²) in [5.74, 6) is 1.13. The molecule has 100 valence electrons. The van der Waals surface area contributed by atoms with Crippen molar-refractivity contribution in [2.24, 2.45) is 0 Å². The Morgan fingerprint density at radius 1 is 1.16 bits per heavy atom. The number of ether oxygens (including phenoxy) is 1. The van der Waals surface area contributed by atoms with Gasteiger partial charge in [0.15, 0.2) is 0 Å². The van der Waals surface area contributed by atoms with Crippen molar-refractivity contribution in [3.8, 4) is 5.75 Å². The third-order valence-corrected chi connectivity index (χ3v) is 3.54. The van der Waals surface area contributed by atoms with Crippen LogP contribution in [-0.4, -0.2) is 12.9 Å². The minimum absolute atomic E-state index is 0.0245. The fourth-order valence-electron chi connectivity index (χ4n) is 2.48. The number of hydrogen-bond donors (Lipinski definition) is 0. The molecule has 0 spiro atoms. The lowest BCUT2D eigenvalue weighted by Crippen LogP contribution is -2.08. The van der Waals surface area contributed by atoms with Crippen LogP contribution in [0.15, 0.2) is 36.4 Å². The van der Waals surface area contributed by atoms with E-state index in [9.17, 15) is 4.79 Å². The molecule has 2 nitrogen and oxygen atoms in total. The molecule has 0 aliphatic heterocycles. The monoisotopic (exact) mass is 256 g/mol. The topological polar surface area (TPSA) is 26.3 Å². The van der Waals surface area contributed by atoms with Gasteiger partial charge in [0.1, 0.15) is 11.5 Å². The van der Waals surface area contributed by atoms with Gasteiger partial charge in [0.05, 0.1) is 7.11 Å². The maximum atomic E-state index is 11.8. The summed E-state index contributed by atoms with van der Waals surface area (Å²) in [7, 11) is 1.67. The number of hydrogen-bond acceptors (Lipinski definition) is 2. The van der Waals surface area contributed by atoms with Crippen LogP contribution >= 0.6 is 0 Å². The molecular weight excluding hydrogens is 236 g/mol. The van der Waals surface area contributed by atoms with Gasteiger partial charge in [-0.15, -0.1) is 0 Å². The summed E-state index contributed by atoms with van der Waals surface area (Å²) in [6, 6.07) is 12.3. The number of methoxy groups -OCH3 is 1. The first-order valence-corrected chi connectivity index (χ1v) is 6.74. The van der Waals surface area contributed by atoms with Crippen LogP contribution in [0.4, 0.5) is 0 Å². The third-order valence-electron chi connectivity index (χ3n) is 3.54. The Morgan fingerprint density at radius 3 is 2.47 bits per heavy atom. The molecule has 0 aliphatic carbocycles. The molecule has 2 aromatic rings. The van der Waals surface area contributed by atoms with E-state index in [2.05, 4.69) is 25.1 Å². The Hall–Kier alpha value is -1.83. The number of Topliss-reactive ketones (excluding diaryl/α,β-unsaturated/α-hetero) is 1. The average Bonchev–Trinajstić information content (AvgIpc) is 2.43. The molecule has 0 heterocycles. The molecule has 0 fully saturated rings. The van der Waals surface area contributed by atoms with Crippen molar-refractivity contribution in [2.75, 3.05) is 7.11 Å². The van der Waals surface area contributed by atoms with E-state index in [1.54, 1.807) is 14.0 Å². The SMILES string of the molecule is CCCC(C(C)=O)c1ccc2cc(OC)ccc2c1. The smallest absolute Gasteiger partial charge is 0.137 e. The molecule has 0 N–H and O–H groups in total. The fraction of sp³-hybridized carbons (Fsp3) is 0.353. The van der Waals surface area contributed by atoms with E-state index >= 15 is 0 Å².